The summed E-state index contributed by atoms with van der Waals surface area (Å²) < 4.78 is 5.95. The largest absolute Gasteiger partial charge is 0.462 e. The van der Waals surface area contributed by atoms with Crippen molar-refractivity contribution >= 4 is 28.6 Å². The highest BCUT2D eigenvalue weighted by Crippen LogP contribution is 2.78. The molecular weight excluding hydrogens is 693 g/mol. The van der Waals surface area contributed by atoms with E-state index in [-0.39, 0.29) is 39.1 Å². The predicted octanol–water partition coefficient (Wildman–Crippen LogP) is 9.67. The van der Waals surface area contributed by atoms with E-state index in [4.69, 9.17) is 4.74 Å². The fourth-order valence-corrected chi connectivity index (χ4v) is 13.0. The van der Waals surface area contributed by atoms with E-state index in [1.54, 1.807) is 6.92 Å². The fourth-order valence-electron chi connectivity index (χ4n) is 13.0. The molecule has 5 aliphatic carbocycles. The number of hydrogen-bond donors (Lipinski definition) is 1. The summed E-state index contributed by atoms with van der Waals surface area (Å²) in [5, 5.41) is 12.0. The third-order valence-electron chi connectivity index (χ3n) is 15.2. The van der Waals surface area contributed by atoms with Gasteiger partial charge in [-0.1, -0.05) is 93.4 Å². The molecule has 5 rings (SSSR count). The zero-order valence-corrected chi connectivity index (χ0v) is 33.3. The Bertz CT molecular complexity index is 1240. The van der Waals surface area contributed by atoms with Gasteiger partial charge in [0.05, 0.1) is 6.54 Å². The predicted molar refractivity (Wildman–Crippen MR) is 205 cm³/mol. The molecule has 5 aliphatic rings. The lowest BCUT2D eigenvalue weighted by molar-refractivity contribution is -0.253. The Morgan fingerprint density at radius 1 is 0.915 bits per heavy atom. The van der Waals surface area contributed by atoms with Gasteiger partial charge < -0.3 is 9.84 Å². The van der Waals surface area contributed by atoms with Gasteiger partial charge in [-0.2, -0.15) is 0 Å². The van der Waals surface area contributed by atoms with Crippen molar-refractivity contribution in [3.05, 3.63) is 37.5 Å². The minimum Gasteiger partial charge on any atom is -0.462 e. The number of hydrogen-bond acceptors (Lipinski definition) is 4. The highest BCUT2D eigenvalue weighted by atomic mass is 127. The number of esters is 1. The third-order valence-corrected chi connectivity index (χ3v) is 15.2. The Labute approximate surface area is 302 Å². The van der Waals surface area contributed by atoms with E-state index in [0.29, 0.717) is 36.1 Å². The van der Waals surface area contributed by atoms with E-state index < -0.39 is 6.10 Å². The first-order chi connectivity index (χ1) is 22.1. The summed E-state index contributed by atoms with van der Waals surface area (Å²) in [6, 6.07) is 0. The molecular formula is C42H66INO3. The smallest absolute Gasteiger partial charge is 0.302 e. The summed E-state index contributed by atoms with van der Waals surface area (Å²) in [7, 11) is 0. The molecule has 0 aromatic rings. The molecule has 47 heavy (non-hydrogen) atoms. The molecule has 1 N–H and O–H groups in total. The molecule has 0 unspecified atom stereocenters. The average Bonchev–Trinajstić information content (AvgIpc) is 3.41. The Hall–Kier alpha value is -1.10. The summed E-state index contributed by atoms with van der Waals surface area (Å²) >= 11 is 2.15. The van der Waals surface area contributed by atoms with Gasteiger partial charge in [-0.25, -0.2) is 0 Å². The minimum atomic E-state index is -0.609. The quantitative estimate of drug-likeness (QED) is 0.0881. The lowest BCUT2D eigenvalue weighted by atomic mass is 9.32. The standard InChI is InChI=1S/C41H63NO3.CH3I/c1-11-25-42(26-12-2)27-13-14-34(44)41-22-17-30(28(3)4)36(41)31-15-16-33-38(8)20-19-35(45-29(5)43)37(6,7)32(38)18-21-40(33,10)39(31,9)23-24-41;1-2/h11-12,30-36,44H,1-3,15-27H2,4-10H3;1H3/t30-,31+,32-,33+,34-,35-,36+,38-,39+,40+,41+;/m0./s1. The summed E-state index contributed by atoms with van der Waals surface area (Å²) in [4.78, 5) is 16.2. The van der Waals surface area contributed by atoms with E-state index in [9.17, 15) is 9.90 Å². The van der Waals surface area contributed by atoms with E-state index in [2.05, 4.69) is 101 Å². The second-order valence-electron chi connectivity index (χ2n) is 17.4. The number of rotatable bonds is 8. The van der Waals surface area contributed by atoms with Crippen LogP contribution in [0.2, 0.25) is 0 Å². The van der Waals surface area contributed by atoms with E-state index in [0.717, 1.165) is 45.2 Å². The number of carbonyl (C=O) groups is 1. The third kappa shape index (κ3) is 6.37. The zero-order chi connectivity index (χ0) is 35.0. The number of alkyl halides is 1. The highest BCUT2D eigenvalue weighted by Gasteiger charge is 2.71. The molecule has 5 saturated carbocycles. The van der Waals surface area contributed by atoms with Gasteiger partial charge >= 0.3 is 5.97 Å². The van der Waals surface area contributed by atoms with Crippen LogP contribution in [0.1, 0.15) is 113 Å². The van der Waals surface area contributed by atoms with Gasteiger partial charge in [0.2, 0.25) is 0 Å². The van der Waals surface area contributed by atoms with Gasteiger partial charge in [-0.15, -0.1) is 13.2 Å². The van der Waals surface area contributed by atoms with E-state index in [1.165, 1.54) is 37.7 Å². The number of fused-ring (bicyclic) bond motifs is 7. The summed E-state index contributed by atoms with van der Waals surface area (Å²) in [6.07, 6.45) is 14.7. The molecule has 11 atom stereocenters. The van der Waals surface area contributed by atoms with Gasteiger partial charge in [0, 0.05) is 30.8 Å². The molecule has 0 amide bonds. The van der Waals surface area contributed by atoms with Crippen molar-refractivity contribution in [3.63, 3.8) is 0 Å². The highest BCUT2D eigenvalue weighted by molar-refractivity contribution is 14.1. The number of aliphatic hydroxyl groups excluding tert-OH is 1. The van der Waals surface area contributed by atoms with Crippen molar-refractivity contribution in [2.24, 2.45) is 56.7 Å². The molecule has 0 saturated heterocycles. The van der Waals surface area contributed by atoms with Gasteiger partial charge in [0.25, 0.3) is 0 Å². The Kier molecular flexibility index (Phi) is 12.0. The number of allylic oxidation sites excluding steroid dienone is 1. The number of nitrogens with zero attached hydrogens (tertiary/aromatic N) is 1. The van der Waals surface area contributed by atoms with Crippen LogP contribution in [0.15, 0.2) is 37.5 Å². The second kappa shape index (κ2) is 14.6. The van der Waals surface area contributed by atoms with E-state index in [1.807, 2.05) is 17.1 Å². The first-order valence-corrected chi connectivity index (χ1v) is 20.6. The maximum atomic E-state index is 12.0. The molecule has 0 aromatic carbocycles. The molecule has 0 radical (unpaired) electrons. The molecule has 0 heterocycles. The van der Waals surface area contributed by atoms with Gasteiger partial charge in [0.15, 0.2) is 0 Å². The SMILES string of the molecule is C=CCN(CC#C[C@H](O)[C@]12CC[C@@H](C(=C)C)[C@@H]1[C@H]1CC[C@@H]3[C@@]4(C)CC[C@H](OC(C)=O)C(C)(C)[C@@H]4CC[C@@]3(C)[C@]1(C)CC2)CC=C.CI. The molecule has 0 bridgehead atoms. The first-order valence-electron chi connectivity index (χ1n) is 18.4. The van der Waals surface area contributed by atoms with Crippen LogP contribution in [0.5, 0.6) is 0 Å². The van der Waals surface area contributed by atoms with Gasteiger partial charge in [-0.3, -0.25) is 9.69 Å². The number of aliphatic hydroxyl groups is 1. The van der Waals surface area contributed by atoms with Crippen LogP contribution in [-0.4, -0.2) is 52.7 Å². The lowest BCUT2D eigenvalue weighted by Crippen LogP contribution is -2.67. The average molecular weight is 760 g/mol. The van der Waals surface area contributed by atoms with Crippen LogP contribution in [0.4, 0.5) is 0 Å². The van der Waals surface area contributed by atoms with Crippen molar-refractivity contribution in [3.8, 4) is 11.8 Å². The van der Waals surface area contributed by atoms with Gasteiger partial charge in [0.1, 0.15) is 12.2 Å². The number of halogens is 1. The van der Waals surface area contributed by atoms with Crippen LogP contribution in [0.3, 0.4) is 0 Å². The Morgan fingerprint density at radius 2 is 1.57 bits per heavy atom. The Morgan fingerprint density at radius 3 is 2.17 bits per heavy atom. The molecule has 0 spiro atoms. The Balaban J connectivity index is 0.00000245. The van der Waals surface area contributed by atoms with Crippen LogP contribution < -0.4 is 0 Å². The van der Waals surface area contributed by atoms with Crippen molar-refractivity contribution in [2.75, 3.05) is 24.6 Å². The second-order valence-corrected chi connectivity index (χ2v) is 17.4. The minimum absolute atomic E-state index is 0.0117. The van der Waals surface area contributed by atoms with Crippen molar-refractivity contribution in [1.82, 2.24) is 4.90 Å². The molecule has 0 aromatic heterocycles. The van der Waals surface area contributed by atoms with Crippen molar-refractivity contribution in [2.45, 2.75) is 125 Å². The van der Waals surface area contributed by atoms with Crippen LogP contribution in [0, 0.1) is 68.5 Å². The van der Waals surface area contributed by atoms with Crippen molar-refractivity contribution < 1.29 is 14.6 Å². The topological polar surface area (TPSA) is 49.8 Å². The molecule has 5 heteroatoms. The first kappa shape index (κ1) is 38.7. The molecule has 5 fully saturated rings. The zero-order valence-electron chi connectivity index (χ0n) is 31.1. The maximum Gasteiger partial charge on any atom is 0.302 e. The molecule has 0 aliphatic heterocycles. The molecule has 264 valence electrons. The van der Waals surface area contributed by atoms with Gasteiger partial charge in [-0.05, 0) is 122 Å². The summed E-state index contributed by atoms with van der Waals surface area (Å²) in [5.74, 6) is 9.28. The van der Waals surface area contributed by atoms with Crippen LogP contribution in [0.25, 0.3) is 0 Å². The van der Waals surface area contributed by atoms with Crippen LogP contribution in [-0.2, 0) is 9.53 Å². The summed E-state index contributed by atoms with van der Waals surface area (Å²) in [6.45, 7) is 31.0. The number of carbonyl (C=O) groups excluding carboxylic acids is 1. The lowest BCUT2D eigenvalue weighted by Gasteiger charge is -2.73. The normalized spacial score (nSPS) is 42.0. The van der Waals surface area contributed by atoms with E-state index >= 15 is 0 Å². The summed E-state index contributed by atoms with van der Waals surface area (Å²) in [5.41, 5.74) is 1.81. The fraction of sp³-hybridized carbons (Fsp3) is 0.786. The number of ether oxygens (including phenoxy) is 1. The maximum absolute atomic E-state index is 12.0. The van der Waals surface area contributed by atoms with Crippen molar-refractivity contribution in [1.29, 1.82) is 0 Å². The monoisotopic (exact) mass is 759 g/mol. The molecule has 4 nitrogen and oxygen atoms in total. The van der Waals surface area contributed by atoms with Crippen LogP contribution >= 0.6 is 22.6 Å².